The molecule has 0 aliphatic carbocycles. The summed E-state index contributed by atoms with van der Waals surface area (Å²) in [6.07, 6.45) is 1.67. The zero-order chi connectivity index (χ0) is 18.7. The minimum atomic E-state index is -0.324. The molecule has 26 heavy (non-hydrogen) atoms. The highest BCUT2D eigenvalue weighted by molar-refractivity contribution is 6.35. The minimum absolute atomic E-state index is 0.0469. The Hall–Kier alpha value is -1.34. The Morgan fingerprint density at radius 3 is 2.65 bits per heavy atom. The highest BCUT2D eigenvalue weighted by Gasteiger charge is 2.33. The van der Waals surface area contributed by atoms with Crippen LogP contribution in [0.5, 0.6) is 0 Å². The predicted octanol–water partition coefficient (Wildman–Crippen LogP) is 2.64. The Bertz CT molecular complexity index is 665. The summed E-state index contributed by atoms with van der Waals surface area (Å²) in [6, 6.07) is 4.61. The molecule has 1 N–H and O–H groups in total. The van der Waals surface area contributed by atoms with Crippen LogP contribution in [0.25, 0.3) is 0 Å². The number of likely N-dealkylation sites (tertiary alicyclic amines) is 1. The first-order valence-corrected chi connectivity index (χ1v) is 9.58. The monoisotopic (exact) mass is 399 g/mol. The minimum Gasteiger partial charge on any atom is -0.375 e. The Morgan fingerprint density at radius 1 is 1.23 bits per heavy atom. The fourth-order valence-corrected chi connectivity index (χ4v) is 4.01. The number of nitrogens with zero attached hydrogens (tertiary/aromatic N) is 2. The molecule has 1 aromatic carbocycles. The lowest BCUT2D eigenvalue weighted by Gasteiger charge is -2.33. The van der Waals surface area contributed by atoms with Crippen LogP contribution in [-0.2, 0) is 14.3 Å². The SMILES string of the molecule is CC1CN(C(=O)CN2CCCC2C(=O)Nc2cc(Cl)cc(Cl)c2)CCO1. The van der Waals surface area contributed by atoms with Crippen molar-refractivity contribution in [2.75, 3.05) is 38.1 Å². The third-order valence-corrected chi connectivity index (χ3v) is 5.16. The molecule has 0 saturated carbocycles. The molecule has 1 aromatic rings. The molecule has 2 amide bonds. The van der Waals surface area contributed by atoms with E-state index in [-0.39, 0.29) is 30.5 Å². The van der Waals surface area contributed by atoms with Gasteiger partial charge in [0.1, 0.15) is 0 Å². The number of amides is 2. The maximum absolute atomic E-state index is 12.7. The zero-order valence-electron chi connectivity index (χ0n) is 14.7. The van der Waals surface area contributed by atoms with Crippen molar-refractivity contribution in [2.24, 2.45) is 0 Å². The predicted molar refractivity (Wildman–Crippen MR) is 102 cm³/mol. The van der Waals surface area contributed by atoms with E-state index < -0.39 is 0 Å². The number of benzene rings is 1. The second-order valence-electron chi connectivity index (χ2n) is 6.80. The average Bonchev–Trinajstić information content (AvgIpc) is 3.02. The first-order valence-electron chi connectivity index (χ1n) is 8.83. The molecule has 2 heterocycles. The van der Waals surface area contributed by atoms with Crippen LogP contribution in [-0.4, -0.2) is 66.5 Å². The van der Waals surface area contributed by atoms with Crippen LogP contribution in [0.15, 0.2) is 18.2 Å². The summed E-state index contributed by atoms with van der Waals surface area (Å²) >= 11 is 12.0. The molecule has 2 aliphatic heterocycles. The molecule has 8 heteroatoms. The van der Waals surface area contributed by atoms with Gasteiger partial charge in [0.25, 0.3) is 0 Å². The van der Waals surface area contributed by atoms with Gasteiger partial charge in [-0.25, -0.2) is 0 Å². The summed E-state index contributed by atoms with van der Waals surface area (Å²) in [5.41, 5.74) is 0.563. The molecule has 2 unspecified atom stereocenters. The van der Waals surface area contributed by atoms with E-state index in [1.807, 2.05) is 16.7 Å². The number of hydrogen-bond acceptors (Lipinski definition) is 4. The molecular weight excluding hydrogens is 377 g/mol. The van der Waals surface area contributed by atoms with E-state index in [1.165, 1.54) is 0 Å². The van der Waals surface area contributed by atoms with Gasteiger partial charge in [0.05, 0.1) is 25.3 Å². The van der Waals surface area contributed by atoms with Gasteiger partial charge in [-0.2, -0.15) is 0 Å². The molecule has 0 bridgehead atoms. The van der Waals surface area contributed by atoms with Crippen molar-refractivity contribution in [3.63, 3.8) is 0 Å². The Labute approximate surface area is 163 Å². The maximum Gasteiger partial charge on any atom is 0.241 e. The number of carbonyl (C=O) groups excluding carboxylic acids is 2. The Morgan fingerprint density at radius 2 is 1.96 bits per heavy atom. The van der Waals surface area contributed by atoms with E-state index >= 15 is 0 Å². The summed E-state index contributed by atoms with van der Waals surface area (Å²) in [7, 11) is 0. The molecule has 2 atom stereocenters. The second-order valence-corrected chi connectivity index (χ2v) is 7.67. The van der Waals surface area contributed by atoms with E-state index in [2.05, 4.69) is 5.32 Å². The van der Waals surface area contributed by atoms with Crippen LogP contribution < -0.4 is 5.32 Å². The topological polar surface area (TPSA) is 61.9 Å². The lowest BCUT2D eigenvalue weighted by atomic mass is 10.2. The smallest absolute Gasteiger partial charge is 0.241 e. The van der Waals surface area contributed by atoms with Gasteiger partial charge in [-0.05, 0) is 44.5 Å². The number of morpholine rings is 1. The number of ether oxygens (including phenoxy) is 1. The first kappa shape index (κ1) is 19.4. The molecule has 142 valence electrons. The molecule has 0 radical (unpaired) electrons. The van der Waals surface area contributed by atoms with E-state index in [0.717, 1.165) is 19.4 Å². The number of hydrogen-bond donors (Lipinski definition) is 1. The Kier molecular flexibility index (Phi) is 6.40. The fraction of sp³-hybridized carbons (Fsp3) is 0.556. The number of rotatable bonds is 4. The van der Waals surface area contributed by atoms with Crippen LogP contribution in [0.1, 0.15) is 19.8 Å². The molecule has 2 fully saturated rings. The summed E-state index contributed by atoms with van der Waals surface area (Å²) in [5, 5.41) is 3.79. The van der Waals surface area contributed by atoms with Crippen molar-refractivity contribution in [2.45, 2.75) is 31.9 Å². The third-order valence-electron chi connectivity index (χ3n) is 4.73. The summed E-state index contributed by atoms with van der Waals surface area (Å²) in [4.78, 5) is 29.0. The van der Waals surface area contributed by atoms with Gasteiger partial charge in [0.2, 0.25) is 11.8 Å². The molecule has 0 spiro atoms. The second kappa shape index (κ2) is 8.57. The van der Waals surface area contributed by atoms with Crippen LogP contribution in [0.2, 0.25) is 10.0 Å². The fourth-order valence-electron chi connectivity index (χ4n) is 3.48. The summed E-state index contributed by atoms with van der Waals surface area (Å²) in [5.74, 6) is -0.0883. The third kappa shape index (κ3) is 4.88. The highest BCUT2D eigenvalue weighted by Crippen LogP contribution is 2.24. The van der Waals surface area contributed by atoms with E-state index in [1.54, 1.807) is 18.2 Å². The van der Waals surface area contributed by atoms with Crippen LogP contribution in [0, 0.1) is 0 Å². The van der Waals surface area contributed by atoms with Crippen LogP contribution in [0.3, 0.4) is 0 Å². The normalized spacial score (nSPS) is 23.9. The Balaban J connectivity index is 1.60. The molecule has 2 saturated heterocycles. The van der Waals surface area contributed by atoms with Gasteiger partial charge < -0.3 is 15.0 Å². The largest absolute Gasteiger partial charge is 0.375 e. The van der Waals surface area contributed by atoms with Crippen molar-refractivity contribution < 1.29 is 14.3 Å². The summed E-state index contributed by atoms with van der Waals surface area (Å²) < 4.78 is 5.48. The van der Waals surface area contributed by atoms with Crippen molar-refractivity contribution in [1.82, 2.24) is 9.80 Å². The van der Waals surface area contributed by atoms with E-state index in [4.69, 9.17) is 27.9 Å². The van der Waals surface area contributed by atoms with Gasteiger partial charge >= 0.3 is 0 Å². The number of nitrogens with one attached hydrogen (secondary N) is 1. The number of halogens is 2. The van der Waals surface area contributed by atoms with Gasteiger partial charge in [-0.15, -0.1) is 0 Å². The van der Waals surface area contributed by atoms with Crippen molar-refractivity contribution in [3.8, 4) is 0 Å². The molecular formula is C18H23Cl2N3O3. The van der Waals surface area contributed by atoms with Gasteiger partial charge in [0.15, 0.2) is 0 Å². The van der Waals surface area contributed by atoms with Gasteiger partial charge in [-0.3, -0.25) is 14.5 Å². The molecule has 3 rings (SSSR count). The molecule has 6 nitrogen and oxygen atoms in total. The lowest BCUT2D eigenvalue weighted by Crippen LogP contribution is -2.50. The van der Waals surface area contributed by atoms with E-state index in [9.17, 15) is 9.59 Å². The molecule has 0 aromatic heterocycles. The number of carbonyl (C=O) groups is 2. The number of anilines is 1. The quantitative estimate of drug-likeness (QED) is 0.844. The lowest BCUT2D eigenvalue weighted by molar-refractivity contribution is -0.140. The zero-order valence-corrected chi connectivity index (χ0v) is 16.2. The van der Waals surface area contributed by atoms with Crippen molar-refractivity contribution in [1.29, 1.82) is 0 Å². The maximum atomic E-state index is 12.7. The van der Waals surface area contributed by atoms with Crippen molar-refractivity contribution in [3.05, 3.63) is 28.2 Å². The standard InChI is InChI=1S/C18H23Cl2N3O3/c1-12-10-23(5-6-26-12)17(24)11-22-4-2-3-16(22)18(25)21-15-8-13(19)7-14(20)9-15/h7-9,12,16H,2-6,10-11H2,1H3,(H,21,25). The van der Waals surface area contributed by atoms with Crippen molar-refractivity contribution >= 4 is 40.7 Å². The highest BCUT2D eigenvalue weighted by atomic mass is 35.5. The van der Waals surface area contributed by atoms with Crippen LogP contribution in [0.4, 0.5) is 5.69 Å². The molecule has 2 aliphatic rings. The van der Waals surface area contributed by atoms with Gasteiger partial charge in [0, 0.05) is 28.8 Å². The van der Waals surface area contributed by atoms with E-state index in [0.29, 0.717) is 35.4 Å². The summed E-state index contributed by atoms with van der Waals surface area (Å²) in [6.45, 7) is 4.72. The van der Waals surface area contributed by atoms with Crippen LogP contribution >= 0.6 is 23.2 Å². The van der Waals surface area contributed by atoms with Gasteiger partial charge in [-0.1, -0.05) is 23.2 Å². The average molecular weight is 400 g/mol. The first-order chi connectivity index (χ1) is 12.4.